The van der Waals surface area contributed by atoms with Crippen molar-refractivity contribution in [2.75, 3.05) is 10.5 Å². The Morgan fingerprint density at radius 1 is 1.44 bits per heavy atom. The molecule has 18 heavy (non-hydrogen) atoms. The zero-order chi connectivity index (χ0) is 13.8. The van der Waals surface area contributed by atoms with Crippen molar-refractivity contribution in [3.8, 4) is 6.07 Å². The van der Waals surface area contributed by atoms with Crippen LogP contribution in [0.3, 0.4) is 0 Å². The third kappa shape index (κ3) is 4.00. The fraction of sp³-hybridized carbons (Fsp3) is 0.417. The summed E-state index contributed by atoms with van der Waals surface area (Å²) in [5.41, 5.74) is -0.299. The molecule has 0 radical (unpaired) electrons. The molecule has 0 atom stereocenters. The van der Waals surface area contributed by atoms with Crippen molar-refractivity contribution < 1.29 is 12.8 Å². The van der Waals surface area contributed by atoms with E-state index < -0.39 is 15.8 Å². The van der Waals surface area contributed by atoms with Gasteiger partial charge in [0.05, 0.1) is 11.4 Å². The average molecular weight is 270 g/mol. The predicted molar refractivity (Wildman–Crippen MR) is 68.0 cm³/mol. The topological polar surface area (TPSA) is 70.0 Å². The maximum absolute atomic E-state index is 13.3. The van der Waals surface area contributed by atoms with Crippen molar-refractivity contribution in [1.29, 1.82) is 5.26 Å². The Bertz CT molecular complexity index is 562. The van der Waals surface area contributed by atoms with E-state index in [1.807, 2.05) is 13.8 Å². The van der Waals surface area contributed by atoms with Crippen molar-refractivity contribution >= 4 is 15.7 Å². The van der Waals surface area contributed by atoms with Gasteiger partial charge < -0.3 is 0 Å². The monoisotopic (exact) mass is 270 g/mol. The smallest absolute Gasteiger partial charge is 0.232 e. The number of hydrogen-bond donors (Lipinski definition) is 1. The Kier molecular flexibility index (Phi) is 4.68. The Hall–Kier alpha value is -1.61. The number of nitriles is 1. The van der Waals surface area contributed by atoms with E-state index in [0.717, 1.165) is 6.07 Å². The molecule has 98 valence electrons. The van der Waals surface area contributed by atoms with Gasteiger partial charge in [-0.25, -0.2) is 12.8 Å². The quantitative estimate of drug-likeness (QED) is 0.893. The maximum Gasteiger partial charge on any atom is 0.232 e. The van der Waals surface area contributed by atoms with Gasteiger partial charge in [0.1, 0.15) is 17.4 Å². The molecule has 0 aliphatic rings. The largest absolute Gasteiger partial charge is 0.282 e. The molecule has 0 spiro atoms. The summed E-state index contributed by atoms with van der Waals surface area (Å²) in [6.07, 6.45) is 0.506. The summed E-state index contributed by atoms with van der Waals surface area (Å²) < 4.78 is 39.0. The van der Waals surface area contributed by atoms with Gasteiger partial charge in [0.15, 0.2) is 0 Å². The third-order valence-corrected chi connectivity index (χ3v) is 3.66. The highest BCUT2D eigenvalue weighted by Gasteiger charge is 2.15. The molecule has 4 nitrogen and oxygen atoms in total. The number of anilines is 1. The van der Waals surface area contributed by atoms with Gasteiger partial charge in [-0.1, -0.05) is 19.9 Å². The van der Waals surface area contributed by atoms with E-state index in [1.54, 1.807) is 6.07 Å². The molecule has 0 saturated carbocycles. The summed E-state index contributed by atoms with van der Waals surface area (Å²) in [4.78, 5) is 0. The summed E-state index contributed by atoms with van der Waals surface area (Å²) in [7, 11) is -3.55. The van der Waals surface area contributed by atoms with E-state index in [2.05, 4.69) is 4.72 Å². The molecule has 0 fully saturated rings. The van der Waals surface area contributed by atoms with E-state index in [9.17, 15) is 12.8 Å². The second-order valence-corrected chi connectivity index (χ2v) is 6.22. The van der Waals surface area contributed by atoms with Crippen molar-refractivity contribution in [2.45, 2.75) is 20.3 Å². The van der Waals surface area contributed by atoms with Gasteiger partial charge >= 0.3 is 0 Å². The van der Waals surface area contributed by atoms with E-state index >= 15 is 0 Å². The first-order valence-corrected chi connectivity index (χ1v) is 7.20. The zero-order valence-electron chi connectivity index (χ0n) is 10.3. The molecular weight excluding hydrogens is 255 g/mol. The summed E-state index contributed by atoms with van der Waals surface area (Å²) >= 11 is 0. The van der Waals surface area contributed by atoms with Crippen molar-refractivity contribution in [3.05, 3.63) is 29.6 Å². The van der Waals surface area contributed by atoms with E-state index in [0.29, 0.717) is 6.42 Å². The predicted octanol–water partition coefficient (Wildman–Crippen LogP) is 2.49. The van der Waals surface area contributed by atoms with E-state index in [-0.39, 0.29) is 22.9 Å². The molecule has 1 N–H and O–H groups in total. The average Bonchev–Trinajstić information content (AvgIpc) is 2.26. The number of rotatable bonds is 5. The molecule has 0 unspecified atom stereocenters. The van der Waals surface area contributed by atoms with Gasteiger partial charge in [0.25, 0.3) is 0 Å². The van der Waals surface area contributed by atoms with Crippen molar-refractivity contribution in [3.63, 3.8) is 0 Å². The van der Waals surface area contributed by atoms with E-state index in [4.69, 9.17) is 5.26 Å². The van der Waals surface area contributed by atoms with Crippen LogP contribution in [0.5, 0.6) is 0 Å². The fourth-order valence-electron chi connectivity index (χ4n) is 1.33. The fourth-order valence-corrected chi connectivity index (χ4v) is 2.72. The van der Waals surface area contributed by atoms with Crippen LogP contribution in [-0.4, -0.2) is 14.2 Å². The van der Waals surface area contributed by atoms with Crippen molar-refractivity contribution in [1.82, 2.24) is 0 Å². The standard InChI is InChI=1S/C12H15FN2O2S/c1-9(2)6-7-18(16,17)15-12-5-3-4-11(13)10(12)8-14/h3-5,9,15H,6-7H2,1-2H3. The van der Waals surface area contributed by atoms with Crippen LogP contribution in [0.15, 0.2) is 18.2 Å². The summed E-state index contributed by atoms with van der Waals surface area (Å²) in [6.45, 7) is 3.83. The lowest BCUT2D eigenvalue weighted by atomic mass is 10.2. The second kappa shape index (κ2) is 5.83. The van der Waals surface area contributed by atoms with Crippen LogP contribution in [0, 0.1) is 23.1 Å². The SMILES string of the molecule is CC(C)CCS(=O)(=O)Nc1cccc(F)c1C#N. The number of halogens is 1. The first kappa shape index (κ1) is 14.5. The molecular formula is C12H15FN2O2S. The van der Waals surface area contributed by atoms with Crippen LogP contribution in [-0.2, 0) is 10.0 Å². The van der Waals surface area contributed by atoms with Crippen LogP contribution in [0.25, 0.3) is 0 Å². The first-order valence-electron chi connectivity index (χ1n) is 5.55. The number of nitrogens with zero attached hydrogens (tertiary/aromatic N) is 1. The summed E-state index contributed by atoms with van der Waals surface area (Å²) in [5, 5.41) is 8.79. The lowest BCUT2D eigenvalue weighted by Gasteiger charge is -2.10. The Morgan fingerprint density at radius 3 is 2.67 bits per heavy atom. The Labute approximate surface area is 106 Å². The number of benzene rings is 1. The molecule has 6 heteroatoms. The molecule has 0 amide bonds. The summed E-state index contributed by atoms with van der Waals surface area (Å²) in [5.74, 6) is -0.530. The maximum atomic E-state index is 13.3. The minimum atomic E-state index is -3.55. The highest BCUT2D eigenvalue weighted by atomic mass is 32.2. The Morgan fingerprint density at radius 2 is 2.11 bits per heavy atom. The minimum absolute atomic E-state index is 0.0127. The molecule has 0 saturated heterocycles. The van der Waals surface area contributed by atoms with Gasteiger partial charge in [-0.15, -0.1) is 0 Å². The molecule has 0 bridgehead atoms. The van der Waals surface area contributed by atoms with Gasteiger partial charge in [-0.05, 0) is 24.5 Å². The lowest BCUT2D eigenvalue weighted by molar-refractivity contribution is 0.578. The number of sulfonamides is 1. The molecule has 1 aromatic rings. The van der Waals surface area contributed by atoms with Crippen LogP contribution < -0.4 is 4.72 Å². The minimum Gasteiger partial charge on any atom is -0.282 e. The van der Waals surface area contributed by atoms with Crippen LogP contribution in [0.1, 0.15) is 25.8 Å². The molecule has 0 heterocycles. The van der Waals surface area contributed by atoms with Crippen molar-refractivity contribution in [2.24, 2.45) is 5.92 Å². The third-order valence-electron chi connectivity index (χ3n) is 2.35. The first-order chi connectivity index (χ1) is 8.35. The van der Waals surface area contributed by atoms with Crippen LogP contribution in [0.4, 0.5) is 10.1 Å². The highest BCUT2D eigenvalue weighted by Crippen LogP contribution is 2.19. The zero-order valence-corrected chi connectivity index (χ0v) is 11.1. The summed E-state index contributed by atoms with van der Waals surface area (Å²) in [6, 6.07) is 5.49. The normalized spacial score (nSPS) is 11.3. The number of hydrogen-bond acceptors (Lipinski definition) is 3. The second-order valence-electron chi connectivity index (χ2n) is 4.38. The van der Waals surface area contributed by atoms with Crippen LogP contribution in [0.2, 0.25) is 0 Å². The van der Waals surface area contributed by atoms with Crippen LogP contribution >= 0.6 is 0 Å². The van der Waals surface area contributed by atoms with E-state index in [1.165, 1.54) is 12.1 Å². The Balaban J connectivity index is 2.92. The van der Waals surface area contributed by atoms with Gasteiger partial charge in [-0.3, -0.25) is 4.72 Å². The molecule has 1 aromatic carbocycles. The van der Waals surface area contributed by atoms with Gasteiger partial charge in [0.2, 0.25) is 10.0 Å². The molecule has 1 rings (SSSR count). The molecule has 0 aromatic heterocycles. The molecule has 0 aliphatic carbocycles. The number of nitrogens with one attached hydrogen (secondary N) is 1. The molecule has 0 aliphatic heterocycles. The lowest BCUT2D eigenvalue weighted by Crippen LogP contribution is -2.18. The van der Waals surface area contributed by atoms with Gasteiger partial charge in [0, 0.05) is 0 Å². The van der Waals surface area contributed by atoms with Gasteiger partial charge in [-0.2, -0.15) is 5.26 Å². The highest BCUT2D eigenvalue weighted by molar-refractivity contribution is 7.92.